The summed E-state index contributed by atoms with van der Waals surface area (Å²) in [5.41, 5.74) is 1.35. The minimum atomic E-state index is -0.430. The van der Waals surface area contributed by atoms with Crippen molar-refractivity contribution in [3.8, 4) is 0 Å². The Morgan fingerprint density at radius 3 is 2.88 bits per heavy atom. The number of halogens is 2. The average Bonchev–Trinajstić information content (AvgIpc) is 2.24. The van der Waals surface area contributed by atoms with Crippen molar-refractivity contribution in [1.29, 1.82) is 0 Å². The highest BCUT2D eigenvalue weighted by atomic mass is 19.1. The molecule has 1 aromatic carbocycles. The molecule has 3 heteroatoms. The summed E-state index contributed by atoms with van der Waals surface area (Å²) in [4.78, 5) is 0. The molecule has 1 aromatic rings. The maximum absolute atomic E-state index is 13.4. The molecule has 1 unspecified atom stereocenters. The van der Waals surface area contributed by atoms with E-state index in [0.717, 1.165) is 37.0 Å². The lowest BCUT2D eigenvalue weighted by Crippen LogP contribution is -2.10. The van der Waals surface area contributed by atoms with Gasteiger partial charge in [0.2, 0.25) is 0 Å². The quantitative estimate of drug-likeness (QED) is 0.766. The van der Waals surface area contributed by atoms with Crippen LogP contribution in [0.3, 0.4) is 0 Å². The highest BCUT2D eigenvalue weighted by Gasteiger charge is 2.13. The minimum absolute atomic E-state index is 0.361. The Hall–Kier alpha value is -1.22. The molecule has 1 N–H and O–H groups in total. The SMILES string of the molecule is OC1C=C(Cc2cc(F)ccc2F)CCC1. The lowest BCUT2D eigenvalue weighted by Gasteiger charge is -2.17. The third-order valence-corrected chi connectivity index (χ3v) is 2.85. The van der Waals surface area contributed by atoms with Gasteiger partial charge in [-0.15, -0.1) is 0 Å². The predicted molar refractivity (Wildman–Crippen MR) is 58.0 cm³/mol. The van der Waals surface area contributed by atoms with E-state index >= 15 is 0 Å². The first-order chi connectivity index (χ1) is 7.65. The fourth-order valence-corrected chi connectivity index (χ4v) is 2.05. The van der Waals surface area contributed by atoms with Gasteiger partial charge in [-0.2, -0.15) is 0 Å². The minimum Gasteiger partial charge on any atom is -0.389 e. The van der Waals surface area contributed by atoms with Gasteiger partial charge in [-0.1, -0.05) is 11.6 Å². The summed E-state index contributed by atoms with van der Waals surface area (Å²) in [5.74, 6) is -0.810. The van der Waals surface area contributed by atoms with E-state index in [1.165, 1.54) is 6.07 Å². The molecule has 16 heavy (non-hydrogen) atoms. The largest absolute Gasteiger partial charge is 0.389 e. The molecular weight excluding hydrogens is 210 g/mol. The van der Waals surface area contributed by atoms with Gasteiger partial charge in [0.25, 0.3) is 0 Å². The Labute approximate surface area is 93.4 Å². The van der Waals surface area contributed by atoms with Crippen molar-refractivity contribution in [1.82, 2.24) is 0 Å². The van der Waals surface area contributed by atoms with Crippen molar-refractivity contribution in [2.75, 3.05) is 0 Å². The van der Waals surface area contributed by atoms with Crippen LogP contribution in [-0.2, 0) is 6.42 Å². The molecular formula is C13H14F2O. The molecule has 0 spiro atoms. The highest BCUT2D eigenvalue weighted by molar-refractivity contribution is 5.25. The molecule has 1 nitrogen and oxygen atoms in total. The van der Waals surface area contributed by atoms with E-state index in [1.54, 1.807) is 6.08 Å². The van der Waals surface area contributed by atoms with Gasteiger partial charge < -0.3 is 5.11 Å². The maximum atomic E-state index is 13.4. The Kier molecular flexibility index (Phi) is 3.34. The van der Waals surface area contributed by atoms with Crippen molar-refractivity contribution in [3.63, 3.8) is 0 Å². The van der Waals surface area contributed by atoms with Gasteiger partial charge >= 0.3 is 0 Å². The summed E-state index contributed by atoms with van der Waals surface area (Å²) in [6.45, 7) is 0. The van der Waals surface area contributed by atoms with E-state index in [0.29, 0.717) is 12.0 Å². The van der Waals surface area contributed by atoms with Crippen molar-refractivity contribution >= 4 is 0 Å². The maximum Gasteiger partial charge on any atom is 0.126 e. The number of rotatable bonds is 2. The monoisotopic (exact) mass is 224 g/mol. The first-order valence-corrected chi connectivity index (χ1v) is 5.47. The van der Waals surface area contributed by atoms with E-state index in [4.69, 9.17) is 0 Å². The third-order valence-electron chi connectivity index (χ3n) is 2.85. The molecule has 0 aliphatic heterocycles. The van der Waals surface area contributed by atoms with Crippen molar-refractivity contribution in [3.05, 3.63) is 47.0 Å². The van der Waals surface area contributed by atoms with Crippen molar-refractivity contribution in [2.24, 2.45) is 0 Å². The van der Waals surface area contributed by atoms with Crippen LogP contribution in [0.4, 0.5) is 8.78 Å². The normalized spacial score (nSPS) is 20.7. The molecule has 1 aliphatic rings. The van der Waals surface area contributed by atoms with Gasteiger partial charge in [-0.3, -0.25) is 0 Å². The van der Waals surface area contributed by atoms with Crippen LogP contribution in [-0.4, -0.2) is 11.2 Å². The Morgan fingerprint density at radius 1 is 1.31 bits per heavy atom. The number of hydrogen-bond donors (Lipinski definition) is 1. The van der Waals surface area contributed by atoms with Gasteiger partial charge in [-0.05, 0) is 49.4 Å². The van der Waals surface area contributed by atoms with Crippen LogP contribution in [0.15, 0.2) is 29.8 Å². The Morgan fingerprint density at radius 2 is 2.12 bits per heavy atom. The average molecular weight is 224 g/mol. The molecule has 0 saturated carbocycles. The van der Waals surface area contributed by atoms with Crippen molar-refractivity contribution in [2.45, 2.75) is 31.8 Å². The molecule has 1 aliphatic carbocycles. The predicted octanol–water partition coefficient (Wildman–Crippen LogP) is 2.98. The molecule has 0 amide bonds. The van der Waals surface area contributed by atoms with E-state index < -0.39 is 11.9 Å². The zero-order valence-corrected chi connectivity index (χ0v) is 8.92. The molecule has 1 atom stereocenters. The molecule has 86 valence electrons. The zero-order valence-electron chi connectivity index (χ0n) is 8.92. The fourth-order valence-electron chi connectivity index (χ4n) is 2.05. The summed E-state index contributed by atoms with van der Waals surface area (Å²) in [7, 11) is 0. The summed E-state index contributed by atoms with van der Waals surface area (Å²) >= 11 is 0. The number of hydrogen-bond acceptors (Lipinski definition) is 1. The van der Waals surface area contributed by atoms with Crippen LogP contribution in [0.25, 0.3) is 0 Å². The van der Waals surface area contributed by atoms with Gasteiger partial charge in [0.05, 0.1) is 6.10 Å². The second-order valence-electron chi connectivity index (χ2n) is 4.20. The van der Waals surface area contributed by atoms with Crippen LogP contribution in [0, 0.1) is 11.6 Å². The topological polar surface area (TPSA) is 20.2 Å². The Bertz CT molecular complexity index is 412. The van der Waals surface area contributed by atoms with Crippen LogP contribution < -0.4 is 0 Å². The lowest BCUT2D eigenvalue weighted by molar-refractivity contribution is 0.202. The molecule has 2 rings (SSSR count). The second kappa shape index (κ2) is 4.74. The van der Waals surface area contributed by atoms with Crippen LogP contribution in [0.1, 0.15) is 24.8 Å². The van der Waals surface area contributed by atoms with Gasteiger partial charge in [0, 0.05) is 0 Å². The summed E-state index contributed by atoms with van der Waals surface area (Å²) in [6, 6.07) is 3.48. The van der Waals surface area contributed by atoms with Gasteiger partial charge in [-0.25, -0.2) is 8.78 Å². The smallest absolute Gasteiger partial charge is 0.126 e. The zero-order chi connectivity index (χ0) is 11.5. The molecule has 0 fully saturated rings. The standard InChI is InChI=1S/C13H14F2O/c14-11-4-5-13(15)10(8-11)6-9-2-1-3-12(16)7-9/h4-5,7-8,12,16H,1-3,6H2. The first-order valence-electron chi connectivity index (χ1n) is 5.47. The van der Waals surface area contributed by atoms with Crippen LogP contribution in [0.5, 0.6) is 0 Å². The molecule has 0 heterocycles. The number of benzene rings is 1. The van der Waals surface area contributed by atoms with Crippen LogP contribution in [0.2, 0.25) is 0 Å². The number of allylic oxidation sites excluding steroid dienone is 1. The van der Waals surface area contributed by atoms with E-state index in [9.17, 15) is 13.9 Å². The molecule has 0 saturated heterocycles. The second-order valence-corrected chi connectivity index (χ2v) is 4.20. The number of aliphatic hydroxyl groups is 1. The van der Waals surface area contributed by atoms with Crippen molar-refractivity contribution < 1.29 is 13.9 Å². The van der Waals surface area contributed by atoms with E-state index in [-0.39, 0.29) is 5.82 Å². The van der Waals surface area contributed by atoms with E-state index in [2.05, 4.69) is 0 Å². The first kappa shape index (κ1) is 11.3. The van der Waals surface area contributed by atoms with Gasteiger partial charge in [0.1, 0.15) is 11.6 Å². The van der Waals surface area contributed by atoms with E-state index in [1.807, 2.05) is 0 Å². The lowest BCUT2D eigenvalue weighted by atomic mass is 9.92. The Balaban J connectivity index is 2.17. The number of aliphatic hydroxyl groups excluding tert-OH is 1. The summed E-state index contributed by atoms with van der Waals surface area (Å²) in [6.07, 6.45) is 4.24. The summed E-state index contributed by atoms with van der Waals surface area (Å²) < 4.78 is 26.3. The third kappa shape index (κ3) is 2.67. The molecule has 0 bridgehead atoms. The van der Waals surface area contributed by atoms with Gasteiger partial charge in [0.15, 0.2) is 0 Å². The highest BCUT2D eigenvalue weighted by Crippen LogP contribution is 2.23. The van der Waals surface area contributed by atoms with Crippen LogP contribution >= 0.6 is 0 Å². The molecule has 0 aromatic heterocycles. The molecule has 0 radical (unpaired) electrons. The fraction of sp³-hybridized carbons (Fsp3) is 0.385. The summed E-state index contributed by atoms with van der Waals surface area (Å²) in [5, 5.41) is 9.44.